The van der Waals surface area contributed by atoms with E-state index in [-0.39, 0.29) is 11.7 Å². The molecule has 33 heavy (non-hydrogen) atoms. The Morgan fingerprint density at radius 1 is 1.09 bits per heavy atom. The number of rotatable bonds is 8. The fourth-order valence-corrected chi connectivity index (χ4v) is 4.56. The summed E-state index contributed by atoms with van der Waals surface area (Å²) in [6.45, 7) is 4.52. The molecule has 0 spiro atoms. The molecule has 174 valence electrons. The molecule has 0 radical (unpaired) electrons. The number of likely N-dealkylation sites (tertiary alicyclic amines) is 1. The first-order chi connectivity index (χ1) is 16.0. The van der Waals surface area contributed by atoms with Gasteiger partial charge in [0.1, 0.15) is 11.3 Å². The SMILES string of the molecule is CN(C)CCN(C[C@@H]1CCCN(Cc2ccccc2F)C1)C(=O)c1cccc2nccnc12. The topological polar surface area (TPSA) is 52.6 Å². The molecule has 2 aromatic carbocycles. The number of amides is 1. The van der Waals surface area contributed by atoms with Crippen LogP contribution in [0.2, 0.25) is 0 Å². The minimum Gasteiger partial charge on any atom is -0.337 e. The molecule has 0 N–H and O–H groups in total. The summed E-state index contributed by atoms with van der Waals surface area (Å²) >= 11 is 0. The molecule has 2 heterocycles. The van der Waals surface area contributed by atoms with E-state index >= 15 is 0 Å². The highest BCUT2D eigenvalue weighted by Crippen LogP contribution is 2.23. The van der Waals surface area contributed by atoms with Gasteiger partial charge in [0.05, 0.1) is 11.1 Å². The summed E-state index contributed by atoms with van der Waals surface area (Å²) in [5, 5.41) is 0. The summed E-state index contributed by atoms with van der Waals surface area (Å²) < 4.78 is 14.2. The molecule has 4 rings (SSSR count). The van der Waals surface area contributed by atoms with E-state index in [4.69, 9.17) is 0 Å². The van der Waals surface area contributed by atoms with E-state index in [0.29, 0.717) is 36.6 Å². The van der Waals surface area contributed by atoms with Gasteiger partial charge in [-0.15, -0.1) is 0 Å². The van der Waals surface area contributed by atoms with Crippen LogP contribution in [0.3, 0.4) is 0 Å². The summed E-state index contributed by atoms with van der Waals surface area (Å²) in [6.07, 6.45) is 5.39. The Labute approximate surface area is 195 Å². The number of aromatic nitrogens is 2. The van der Waals surface area contributed by atoms with Crippen molar-refractivity contribution in [3.8, 4) is 0 Å². The van der Waals surface area contributed by atoms with Gasteiger partial charge < -0.3 is 9.80 Å². The molecule has 0 aliphatic carbocycles. The quantitative estimate of drug-likeness (QED) is 0.525. The third-order valence-electron chi connectivity index (χ3n) is 6.27. The third kappa shape index (κ3) is 5.92. The number of benzene rings is 2. The second-order valence-electron chi connectivity index (χ2n) is 9.12. The summed E-state index contributed by atoms with van der Waals surface area (Å²) in [7, 11) is 4.03. The first kappa shape index (κ1) is 23.3. The van der Waals surface area contributed by atoms with Crippen LogP contribution in [0.5, 0.6) is 0 Å². The standard InChI is InChI=1S/C26H32FN5O/c1-30(2)15-16-32(26(33)22-9-5-11-24-25(22)29-13-12-28-24)18-20-7-6-14-31(17-20)19-21-8-3-4-10-23(21)27/h3-5,8-13,20H,6-7,14-19H2,1-2H3/t20-/m1/s1. The van der Waals surface area contributed by atoms with Crippen LogP contribution >= 0.6 is 0 Å². The first-order valence-corrected chi connectivity index (χ1v) is 11.6. The lowest BCUT2D eigenvalue weighted by Gasteiger charge is -2.36. The highest BCUT2D eigenvalue weighted by molar-refractivity contribution is 6.04. The van der Waals surface area contributed by atoms with Gasteiger partial charge in [0.25, 0.3) is 5.91 Å². The highest BCUT2D eigenvalue weighted by Gasteiger charge is 2.26. The fourth-order valence-electron chi connectivity index (χ4n) is 4.56. The number of para-hydroxylation sites is 1. The average molecular weight is 450 g/mol. The summed E-state index contributed by atoms with van der Waals surface area (Å²) in [4.78, 5) is 28.8. The molecule has 7 heteroatoms. The Morgan fingerprint density at radius 2 is 1.91 bits per heavy atom. The molecule has 0 unspecified atom stereocenters. The van der Waals surface area contributed by atoms with Crippen LogP contribution < -0.4 is 0 Å². The number of halogens is 1. The number of carbonyl (C=O) groups is 1. The molecule has 1 amide bonds. The fraction of sp³-hybridized carbons (Fsp3) is 0.423. The number of likely N-dealkylation sites (N-methyl/N-ethyl adjacent to an activating group) is 1. The predicted octanol–water partition coefficient (Wildman–Crippen LogP) is 3.68. The number of nitrogens with zero attached hydrogens (tertiary/aromatic N) is 5. The molecule has 1 saturated heterocycles. The van der Waals surface area contributed by atoms with E-state index in [9.17, 15) is 9.18 Å². The zero-order chi connectivity index (χ0) is 23.2. The lowest BCUT2D eigenvalue weighted by Crippen LogP contribution is -2.44. The zero-order valence-corrected chi connectivity index (χ0v) is 19.5. The van der Waals surface area contributed by atoms with Crippen molar-refractivity contribution in [2.45, 2.75) is 19.4 Å². The maximum absolute atomic E-state index is 14.2. The number of hydrogen-bond acceptors (Lipinski definition) is 5. The minimum absolute atomic E-state index is 0.00539. The summed E-state index contributed by atoms with van der Waals surface area (Å²) in [6, 6.07) is 12.6. The normalized spacial score (nSPS) is 16.9. The highest BCUT2D eigenvalue weighted by atomic mass is 19.1. The van der Waals surface area contributed by atoms with Crippen molar-refractivity contribution in [3.05, 3.63) is 71.8 Å². The van der Waals surface area contributed by atoms with Gasteiger partial charge in [0.15, 0.2) is 0 Å². The maximum Gasteiger partial charge on any atom is 0.256 e. The molecule has 6 nitrogen and oxygen atoms in total. The smallest absolute Gasteiger partial charge is 0.256 e. The monoisotopic (exact) mass is 449 g/mol. The van der Waals surface area contributed by atoms with Crippen LogP contribution in [-0.4, -0.2) is 77.4 Å². The van der Waals surface area contributed by atoms with Gasteiger partial charge in [-0.25, -0.2) is 4.39 Å². The second-order valence-corrected chi connectivity index (χ2v) is 9.12. The van der Waals surface area contributed by atoms with Gasteiger partial charge in [-0.3, -0.25) is 19.7 Å². The molecular formula is C26H32FN5O. The molecule has 3 aromatic rings. The van der Waals surface area contributed by atoms with Crippen molar-refractivity contribution >= 4 is 16.9 Å². The van der Waals surface area contributed by atoms with Crippen molar-refractivity contribution in [2.24, 2.45) is 5.92 Å². The minimum atomic E-state index is -0.153. The van der Waals surface area contributed by atoms with E-state index in [1.54, 1.807) is 18.5 Å². The third-order valence-corrected chi connectivity index (χ3v) is 6.27. The van der Waals surface area contributed by atoms with E-state index in [1.165, 1.54) is 6.07 Å². The Bertz CT molecular complexity index is 1080. The van der Waals surface area contributed by atoms with Crippen LogP contribution in [0.15, 0.2) is 54.9 Å². The molecule has 1 aliphatic rings. The molecule has 0 saturated carbocycles. The molecule has 1 fully saturated rings. The van der Waals surface area contributed by atoms with Gasteiger partial charge in [-0.1, -0.05) is 24.3 Å². The largest absolute Gasteiger partial charge is 0.337 e. The maximum atomic E-state index is 14.2. The predicted molar refractivity (Wildman–Crippen MR) is 128 cm³/mol. The van der Waals surface area contributed by atoms with Crippen molar-refractivity contribution in [1.29, 1.82) is 0 Å². The lowest BCUT2D eigenvalue weighted by atomic mass is 9.96. The van der Waals surface area contributed by atoms with E-state index in [1.807, 2.05) is 49.3 Å². The van der Waals surface area contributed by atoms with E-state index in [2.05, 4.69) is 19.8 Å². The zero-order valence-electron chi connectivity index (χ0n) is 19.5. The summed E-state index contributed by atoms with van der Waals surface area (Å²) in [5.41, 5.74) is 2.70. The van der Waals surface area contributed by atoms with E-state index in [0.717, 1.165) is 43.6 Å². The Balaban J connectivity index is 1.49. The molecular weight excluding hydrogens is 417 g/mol. The first-order valence-electron chi connectivity index (χ1n) is 11.6. The van der Waals surface area contributed by atoms with Gasteiger partial charge in [-0.05, 0) is 57.6 Å². The molecule has 0 bridgehead atoms. The van der Waals surface area contributed by atoms with Gasteiger partial charge >= 0.3 is 0 Å². The average Bonchev–Trinajstić information content (AvgIpc) is 2.82. The Morgan fingerprint density at radius 3 is 2.73 bits per heavy atom. The van der Waals surface area contributed by atoms with E-state index < -0.39 is 0 Å². The van der Waals surface area contributed by atoms with Crippen molar-refractivity contribution in [2.75, 3.05) is 46.8 Å². The number of fused-ring (bicyclic) bond motifs is 1. The lowest BCUT2D eigenvalue weighted by molar-refractivity contribution is 0.0661. The van der Waals surface area contributed by atoms with Crippen LogP contribution in [0.4, 0.5) is 4.39 Å². The van der Waals surface area contributed by atoms with Crippen molar-refractivity contribution < 1.29 is 9.18 Å². The number of piperidine rings is 1. The number of carbonyl (C=O) groups excluding carboxylic acids is 1. The Kier molecular flexibility index (Phi) is 7.62. The van der Waals surface area contributed by atoms with Crippen molar-refractivity contribution in [3.63, 3.8) is 0 Å². The summed E-state index contributed by atoms with van der Waals surface area (Å²) in [5.74, 6) is 0.186. The van der Waals surface area contributed by atoms with Crippen LogP contribution in [0.25, 0.3) is 11.0 Å². The van der Waals surface area contributed by atoms with Gasteiger partial charge in [0.2, 0.25) is 0 Å². The molecule has 1 aromatic heterocycles. The van der Waals surface area contributed by atoms with Crippen LogP contribution in [0, 0.1) is 11.7 Å². The van der Waals surface area contributed by atoms with Crippen molar-refractivity contribution in [1.82, 2.24) is 24.7 Å². The second kappa shape index (κ2) is 10.8. The Hall–Kier alpha value is -2.90. The van der Waals surface area contributed by atoms with Gasteiger partial charge in [-0.2, -0.15) is 0 Å². The van der Waals surface area contributed by atoms with Gasteiger partial charge in [0, 0.05) is 50.7 Å². The van der Waals surface area contributed by atoms with Crippen LogP contribution in [-0.2, 0) is 6.54 Å². The number of hydrogen-bond donors (Lipinski definition) is 0. The molecule has 1 aliphatic heterocycles. The van der Waals surface area contributed by atoms with Crippen LogP contribution in [0.1, 0.15) is 28.8 Å². The molecule has 1 atom stereocenters.